The van der Waals surface area contributed by atoms with Gasteiger partial charge in [0.25, 0.3) is 0 Å². The summed E-state index contributed by atoms with van der Waals surface area (Å²) in [5, 5.41) is 17.3. The summed E-state index contributed by atoms with van der Waals surface area (Å²) in [4.78, 5) is 21.1. The Balaban J connectivity index is 0.000000240. The fourth-order valence-electron chi connectivity index (χ4n) is 2.09. The molecular weight excluding hydrogens is 256 g/mol. The second-order valence-corrected chi connectivity index (χ2v) is 5.58. The van der Waals surface area contributed by atoms with Crippen molar-refractivity contribution in [1.29, 1.82) is 0 Å². The maximum absolute atomic E-state index is 10.6. The average Bonchev–Trinajstić information content (AvgIpc) is 2.26. The molecule has 20 heavy (non-hydrogen) atoms. The minimum atomic E-state index is -1.12. The molecule has 1 fully saturated rings. The summed E-state index contributed by atoms with van der Waals surface area (Å²) in [5.41, 5.74) is 0.570. The third-order valence-electron chi connectivity index (χ3n) is 3.81. The van der Waals surface area contributed by atoms with E-state index in [1.54, 1.807) is 6.92 Å². The predicted molar refractivity (Wildman–Crippen MR) is 77.3 cm³/mol. The molecule has 1 aliphatic rings. The number of aryl methyl sites for hydroxylation is 1. The highest BCUT2D eigenvalue weighted by Gasteiger charge is 2.19. The van der Waals surface area contributed by atoms with Gasteiger partial charge in [-0.25, -0.2) is 9.59 Å². The highest BCUT2D eigenvalue weighted by molar-refractivity contribution is 5.94. The van der Waals surface area contributed by atoms with Crippen LogP contribution >= 0.6 is 0 Å². The molecule has 0 aromatic heterocycles. The molecular formula is C16H22O4. The van der Waals surface area contributed by atoms with Crippen LogP contribution in [0, 0.1) is 18.8 Å². The minimum Gasteiger partial charge on any atom is -0.478 e. The van der Waals surface area contributed by atoms with Crippen LogP contribution in [-0.2, 0) is 0 Å². The van der Waals surface area contributed by atoms with Crippen molar-refractivity contribution in [1.82, 2.24) is 0 Å². The number of rotatable bonds is 3. The summed E-state index contributed by atoms with van der Waals surface area (Å²) >= 11 is 0. The van der Waals surface area contributed by atoms with Crippen molar-refractivity contribution >= 4 is 11.9 Å². The maximum Gasteiger partial charge on any atom is 0.335 e. The molecule has 0 radical (unpaired) electrons. The summed E-state index contributed by atoms with van der Waals surface area (Å²) in [5.74, 6) is -0.197. The van der Waals surface area contributed by atoms with E-state index in [0.29, 0.717) is 5.56 Å². The lowest BCUT2D eigenvalue weighted by Gasteiger charge is -2.28. The number of hydrogen-bond acceptors (Lipinski definition) is 2. The van der Waals surface area contributed by atoms with Crippen molar-refractivity contribution in [3.63, 3.8) is 0 Å². The fraction of sp³-hybridized carbons (Fsp3) is 0.500. The Bertz CT molecular complexity index is 487. The molecule has 4 heteroatoms. The van der Waals surface area contributed by atoms with E-state index in [-0.39, 0.29) is 11.1 Å². The molecule has 1 aromatic rings. The average molecular weight is 278 g/mol. The van der Waals surface area contributed by atoms with E-state index >= 15 is 0 Å². The standard InChI is InChI=1S/C9H8O4.C7H14/c1-5-2-3-6(8(10)11)4-7(5)9(12)13;1-6(2)7-4-3-5-7/h2-4H,1H3,(H,10,11)(H,12,13);6-7H,3-5H2,1-2H3. The Labute approximate surface area is 119 Å². The van der Waals surface area contributed by atoms with Gasteiger partial charge in [0.05, 0.1) is 11.1 Å². The molecule has 110 valence electrons. The van der Waals surface area contributed by atoms with Crippen molar-refractivity contribution < 1.29 is 19.8 Å². The van der Waals surface area contributed by atoms with Crippen molar-refractivity contribution in [2.24, 2.45) is 11.8 Å². The number of carboxylic acid groups (broad SMARTS) is 2. The molecule has 0 amide bonds. The molecule has 0 atom stereocenters. The summed E-state index contributed by atoms with van der Waals surface area (Å²) < 4.78 is 0. The van der Waals surface area contributed by atoms with Crippen LogP contribution in [0.2, 0.25) is 0 Å². The van der Waals surface area contributed by atoms with Gasteiger partial charge in [0.2, 0.25) is 0 Å². The van der Waals surface area contributed by atoms with Crippen LogP contribution in [0.5, 0.6) is 0 Å². The Morgan fingerprint density at radius 3 is 2.05 bits per heavy atom. The number of hydrogen-bond donors (Lipinski definition) is 2. The molecule has 1 aliphatic carbocycles. The van der Waals surface area contributed by atoms with E-state index in [9.17, 15) is 9.59 Å². The zero-order valence-electron chi connectivity index (χ0n) is 12.2. The quantitative estimate of drug-likeness (QED) is 0.881. The zero-order chi connectivity index (χ0) is 15.3. The summed E-state index contributed by atoms with van der Waals surface area (Å²) in [6.45, 7) is 6.27. The summed E-state index contributed by atoms with van der Waals surface area (Å²) in [6, 6.07) is 4.01. The normalized spacial score (nSPS) is 14.2. The molecule has 0 heterocycles. The zero-order valence-corrected chi connectivity index (χ0v) is 12.2. The van der Waals surface area contributed by atoms with Crippen LogP contribution in [0.15, 0.2) is 18.2 Å². The molecule has 1 aromatic carbocycles. The van der Waals surface area contributed by atoms with Gasteiger partial charge in [0.15, 0.2) is 0 Å². The van der Waals surface area contributed by atoms with Gasteiger partial charge in [0, 0.05) is 0 Å². The largest absolute Gasteiger partial charge is 0.478 e. The number of carbonyl (C=O) groups is 2. The van der Waals surface area contributed by atoms with E-state index in [1.165, 1.54) is 31.4 Å². The van der Waals surface area contributed by atoms with Crippen molar-refractivity contribution in [2.45, 2.75) is 40.0 Å². The topological polar surface area (TPSA) is 74.6 Å². The smallest absolute Gasteiger partial charge is 0.335 e. The number of benzene rings is 1. The van der Waals surface area contributed by atoms with Crippen molar-refractivity contribution in [3.8, 4) is 0 Å². The van der Waals surface area contributed by atoms with Crippen LogP contribution < -0.4 is 0 Å². The summed E-state index contributed by atoms with van der Waals surface area (Å²) in [6.07, 6.45) is 4.48. The van der Waals surface area contributed by atoms with E-state index in [0.717, 1.165) is 17.9 Å². The molecule has 2 rings (SSSR count). The number of aromatic carboxylic acids is 2. The predicted octanol–water partition coefficient (Wildman–Crippen LogP) is 3.83. The van der Waals surface area contributed by atoms with E-state index < -0.39 is 11.9 Å². The highest BCUT2D eigenvalue weighted by atomic mass is 16.4. The monoisotopic (exact) mass is 278 g/mol. The lowest BCUT2D eigenvalue weighted by Crippen LogP contribution is -2.16. The highest BCUT2D eigenvalue weighted by Crippen LogP contribution is 2.32. The minimum absolute atomic E-state index is 0.0111. The second kappa shape index (κ2) is 7.08. The third kappa shape index (κ3) is 4.37. The first kappa shape index (κ1) is 16.2. The van der Waals surface area contributed by atoms with Crippen molar-refractivity contribution in [3.05, 3.63) is 34.9 Å². The molecule has 2 N–H and O–H groups in total. The van der Waals surface area contributed by atoms with Crippen LogP contribution in [0.4, 0.5) is 0 Å². The molecule has 1 saturated carbocycles. The first-order valence-electron chi connectivity index (χ1n) is 6.90. The van der Waals surface area contributed by atoms with Crippen molar-refractivity contribution in [2.75, 3.05) is 0 Å². The van der Waals surface area contributed by atoms with Gasteiger partial charge in [0.1, 0.15) is 0 Å². The first-order chi connectivity index (χ1) is 9.32. The Morgan fingerprint density at radius 2 is 1.75 bits per heavy atom. The number of carboxylic acids is 2. The molecule has 0 spiro atoms. The van der Waals surface area contributed by atoms with Gasteiger partial charge in [-0.2, -0.15) is 0 Å². The van der Waals surface area contributed by atoms with Gasteiger partial charge in [-0.15, -0.1) is 0 Å². The van der Waals surface area contributed by atoms with Gasteiger partial charge in [-0.1, -0.05) is 39.2 Å². The third-order valence-corrected chi connectivity index (χ3v) is 3.81. The Kier molecular flexibility index (Phi) is 5.74. The Morgan fingerprint density at radius 1 is 1.15 bits per heavy atom. The van der Waals surface area contributed by atoms with Gasteiger partial charge < -0.3 is 10.2 Å². The summed E-state index contributed by atoms with van der Waals surface area (Å²) in [7, 11) is 0. The van der Waals surface area contributed by atoms with E-state index in [2.05, 4.69) is 13.8 Å². The van der Waals surface area contributed by atoms with Crippen LogP contribution in [0.1, 0.15) is 59.4 Å². The molecule has 0 aliphatic heterocycles. The van der Waals surface area contributed by atoms with Gasteiger partial charge in [-0.3, -0.25) is 0 Å². The van der Waals surface area contributed by atoms with Crippen LogP contribution in [0.25, 0.3) is 0 Å². The van der Waals surface area contributed by atoms with Crippen LogP contribution in [-0.4, -0.2) is 22.2 Å². The van der Waals surface area contributed by atoms with E-state index in [1.807, 2.05) is 0 Å². The maximum atomic E-state index is 10.6. The molecule has 0 bridgehead atoms. The fourth-order valence-corrected chi connectivity index (χ4v) is 2.09. The lowest BCUT2D eigenvalue weighted by molar-refractivity contribution is 0.0695. The first-order valence-corrected chi connectivity index (χ1v) is 6.90. The molecule has 0 unspecified atom stereocenters. The van der Waals surface area contributed by atoms with Gasteiger partial charge >= 0.3 is 11.9 Å². The molecule has 0 saturated heterocycles. The second-order valence-electron chi connectivity index (χ2n) is 5.58. The molecule has 4 nitrogen and oxygen atoms in total. The van der Waals surface area contributed by atoms with Crippen LogP contribution in [0.3, 0.4) is 0 Å². The lowest BCUT2D eigenvalue weighted by atomic mass is 9.78. The van der Waals surface area contributed by atoms with Gasteiger partial charge in [-0.05, 0) is 36.5 Å². The Hall–Kier alpha value is -1.84. The SMILES string of the molecule is CC(C)C1CCC1.Cc1ccc(C(=O)O)cc1C(=O)O. The van der Waals surface area contributed by atoms with E-state index in [4.69, 9.17) is 10.2 Å².